The number of hydrogen-bond donors (Lipinski definition) is 4. The summed E-state index contributed by atoms with van der Waals surface area (Å²) >= 11 is 1.01. The zero-order valence-corrected chi connectivity index (χ0v) is 11.1. The Morgan fingerprint density at radius 3 is 2.53 bits per heavy atom. The fraction of sp³-hybridized carbons (Fsp3) is 0.429. The highest BCUT2D eigenvalue weighted by Gasteiger charge is 2.39. The highest BCUT2D eigenvalue weighted by molar-refractivity contribution is 8.01. The van der Waals surface area contributed by atoms with Gasteiger partial charge < -0.3 is 14.8 Å². The summed E-state index contributed by atoms with van der Waals surface area (Å²) in [6.07, 6.45) is 1.68. The molecule has 1 rings (SSSR count). The van der Waals surface area contributed by atoms with E-state index in [9.17, 15) is 13.0 Å². The molecular formula is C7H12NO6PS2. The van der Waals surface area contributed by atoms with Crippen molar-refractivity contribution in [3.63, 3.8) is 0 Å². The van der Waals surface area contributed by atoms with Gasteiger partial charge in [0, 0.05) is 23.4 Å². The first-order valence-corrected chi connectivity index (χ1v) is 8.77. The molecular weight excluding hydrogens is 289 g/mol. The van der Waals surface area contributed by atoms with Gasteiger partial charge in [-0.05, 0) is 12.1 Å². The maximum atomic E-state index is 10.9. The van der Waals surface area contributed by atoms with Gasteiger partial charge in [-0.2, -0.15) is 20.2 Å². The lowest BCUT2D eigenvalue weighted by atomic mass is 10.5. The lowest BCUT2D eigenvalue weighted by Gasteiger charge is -2.14. The first-order chi connectivity index (χ1) is 7.71. The number of rotatable bonds is 6. The van der Waals surface area contributed by atoms with E-state index in [1.54, 1.807) is 18.3 Å². The Morgan fingerprint density at radius 1 is 1.47 bits per heavy atom. The van der Waals surface area contributed by atoms with Crippen LogP contribution in [0.2, 0.25) is 0 Å². The number of nitrogens with one attached hydrogen (secondary N) is 1. The maximum Gasteiger partial charge on any atom is 0.346 e. The summed E-state index contributed by atoms with van der Waals surface area (Å²) in [7, 11) is -9.63. The molecule has 0 aliphatic heterocycles. The Labute approximate surface area is 103 Å². The molecule has 10 heteroatoms. The zero-order chi connectivity index (χ0) is 13.1. The fourth-order valence-corrected chi connectivity index (χ4v) is 5.26. The average Bonchev–Trinajstić information content (AvgIpc) is 2.60. The number of aromatic amines is 1. The van der Waals surface area contributed by atoms with Crippen LogP contribution in [0.3, 0.4) is 0 Å². The van der Waals surface area contributed by atoms with Crippen LogP contribution in [0.4, 0.5) is 0 Å². The third-order valence-electron chi connectivity index (χ3n) is 1.90. The quantitative estimate of drug-likeness (QED) is 0.448. The molecule has 1 atom stereocenters. The predicted molar refractivity (Wildman–Crippen MR) is 64.3 cm³/mol. The Bertz CT molecular complexity index is 492. The van der Waals surface area contributed by atoms with Crippen LogP contribution in [0.25, 0.3) is 0 Å². The third-order valence-corrected chi connectivity index (χ3v) is 6.85. The van der Waals surface area contributed by atoms with Crippen molar-refractivity contribution in [2.45, 2.75) is 10.7 Å². The molecule has 1 unspecified atom stereocenters. The molecule has 1 aromatic heterocycles. The van der Waals surface area contributed by atoms with E-state index in [-0.39, 0.29) is 5.75 Å². The molecule has 0 saturated carbocycles. The lowest BCUT2D eigenvalue weighted by molar-refractivity contribution is 0.367. The molecule has 4 N–H and O–H groups in total. The Morgan fingerprint density at radius 2 is 2.12 bits per heavy atom. The summed E-state index contributed by atoms with van der Waals surface area (Å²) in [4.78, 5) is 18.4. The highest BCUT2D eigenvalue weighted by atomic mass is 32.2. The van der Waals surface area contributed by atoms with Crippen LogP contribution in [0.15, 0.2) is 18.3 Å². The van der Waals surface area contributed by atoms with Gasteiger partial charge in [-0.3, -0.25) is 9.12 Å². The second kappa shape index (κ2) is 5.55. The predicted octanol–water partition coefficient (Wildman–Crippen LogP) is 0.640. The van der Waals surface area contributed by atoms with Crippen LogP contribution >= 0.6 is 19.4 Å². The molecule has 0 saturated heterocycles. The van der Waals surface area contributed by atoms with Gasteiger partial charge in [0.2, 0.25) is 0 Å². The largest absolute Gasteiger partial charge is 0.364 e. The highest BCUT2D eigenvalue weighted by Crippen LogP contribution is 2.45. The van der Waals surface area contributed by atoms with E-state index in [2.05, 4.69) is 4.98 Å². The van der Waals surface area contributed by atoms with Gasteiger partial charge >= 0.3 is 7.60 Å². The molecule has 0 fully saturated rings. The second-order valence-electron chi connectivity index (χ2n) is 3.27. The standard InChI is InChI=1S/C7H12NO6PS2/c9-15(10,11)7(17(12,13)14)5-16-4-6-2-1-3-8-6/h1-3,7-8H,4-5H2,(H2,9,10,11)(H,12,13,14). The molecule has 7 nitrogen and oxygen atoms in total. The maximum absolute atomic E-state index is 10.9. The summed E-state index contributed by atoms with van der Waals surface area (Å²) in [6, 6.07) is 3.51. The van der Waals surface area contributed by atoms with Crippen molar-refractivity contribution in [3.05, 3.63) is 24.0 Å². The summed E-state index contributed by atoms with van der Waals surface area (Å²) in [5, 5.41) is 0. The van der Waals surface area contributed by atoms with Gasteiger partial charge in [0.25, 0.3) is 10.1 Å². The second-order valence-corrected chi connectivity index (χ2v) is 8.05. The Kier molecular flexibility index (Phi) is 4.82. The van der Waals surface area contributed by atoms with Crippen molar-refractivity contribution in [1.82, 2.24) is 4.98 Å². The van der Waals surface area contributed by atoms with Gasteiger partial charge in [-0.1, -0.05) is 0 Å². The van der Waals surface area contributed by atoms with Crippen LogP contribution in [-0.2, 0) is 20.4 Å². The van der Waals surface area contributed by atoms with E-state index < -0.39 is 22.7 Å². The smallest absolute Gasteiger partial charge is 0.346 e. The van der Waals surface area contributed by atoms with E-state index in [4.69, 9.17) is 14.3 Å². The molecule has 1 aromatic rings. The van der Waals surface area contributed by atoms with Gasteiger partial charge in [0.05, 0.1) is 0 Å². The minimum absolute atomic E-state index is 0.373. The first kappa shape index (κ1) is 14.7. The fourth-order valence-electron chi connectivity index (χ4n) is 1.08. The van der Waals surface area contributed by atoms with Crippen molar-refractivity contribution in [2.24, 2.45) is 0 Å². The molecule has 0 aliphatic rings. The summed E-state index contributed by atoms with van der Waals surface area (Å²) in [5.41, 5.74) is 0.801. The van der Waals surface area contributed by atoms with Gasteiger partial charge in [-0.15, -0.1) is 0 Å². The molecule has 98 valence electrons. The minimum Gasteiger partial charge on any atom is -0.364 e. The number of H-pyrrole nitrogens is 1. The van der Waals surface area contributed by atoms with Crippen LogP contribution in [0.1, 0.15) is 5.69 Å². The SMILES string of the molecule is O=P(O)(O)C(CSCc1ccc[nH]1)S(=O)(=O)O. The minimum atomic E-state index is -4.87. The van der Waals surface area contributed by atoms with Crippen LogP contribution in [-0.4, -0.2) is 38.5 Å². The van der Waals surface area contributed by atoms with Crippen molar-refractivity contribution in [3.8, 4) is 0 Å². The van der Waals surface area contributed by atoms with Gasteiger partial charge in [0.1, 0.15) is 0 Å². The van der Waals surface area contributed by atoms with Crippen molar-refractivity contribution >= 4 is 29.5 Å². The third kappa shape index (κ3) is 4.82. The van der Waals surface area contributed by atoms with Crippen LogP contribution in [0, 0.1) is 0 Å². The summed E-state index contributed by atoms with van der Waals surface area (Å²) < 4.78 is 41.3. The van der Waals surface area contributed by atoms with E-state index in [1.807, 2.05) is 0 Å². The Hall–Kier alpha value is -0.310. The van der Waals surface area contributed by atoms with E-state index in [0.29, 0.717) is 5.75 Å². The van der Waals surface area contributed by atoms with Crippen molar-refractivity contribution < 1.29 is 27.3 Å². The molecule has 0 bridgehead atoms. The lowest BCUT2D eigenvalue weighted by Crippen LogP contribution is -2.23. The number of aromatic nitrogens is 1. The molecule has 0 aromatic carbocycles. The van der Waals surface area contributed by atoms with E-state index >= 15 is 0 Å². The molecule has 17 heavy (non-hydrogen) atoms. The molecule has 0 amide bonds. The van der Waals surface area contributed by atoms with Crippen molar-refractivity contribution in [2.75, 3.05) is 5.75 Å². The van der Waals surface area contributed by atoms with Crippen molar-refractivity contribution in [1.29, 1.82) is 0 Å². The van der Waals surface area contributed by atoms with Gasteiger partial charge in [0.15, 0.2) is 4.99 Å². The topological polar surface area (TPSA) is 128 Å². The van der Waals surface area contributed by atoms with Gasteiger partial charge in [-0.25, -0.2) is 0 Å². The summed E-state index contributed by atoms with van der Waals surface area (Å²) in [5.74, 6) is 0.00114. The average molecular weight is 301 g/mol. The van der Waals surface area contributed by atoms with Crippen LogP contribution in [0.5, 0.6) is 0 Å². The summed E-state index contributed by atoms with van der Waals surface area (Å²) in [6.45, 7) is 0. The number of thioether (sulfide) groups is 1. The van der Waals surface area contributed by atoms with Crippen LogP contribution < -0.4 is 0 Å². The first-order valence-electron chi connectivity index (χ1n) is 4.43. The van der Waals surface area contributed by atoms with E-state index in [0.717, 1.165) is 17.5 Å². The molecule has 1 heterocycles. The monoisotopic (exact) mass is 301 g/mol. The normalized spacial score (nSPS) is 14.8. The molecule has 0 radical (unpaired) electrons. The van der Waals surface area contributed by atoms with E-state index in [1.165, 1.54) is 0 Å². The number of hydrogen-bond acceptors (Lipinski definition) is 4. The zero-order valence-electron chi connectivity index (χ0n) is 8.55. The molecule has 0 aliphatic carbocycles. The Balaban J connectivity index is 2.61. The molecule has 0 spiro atoms.